The maximum atomic E-state index is 12.2. The van der Waals surface area contributed by atoms with Crippen molar-refractivity contribution in [3.63, 3.8) is 0 Å². The van der Waals surface area contributed by atoms with Crippen molar-refractivity contribution in [2.75, 3.05) is 12.4 Å². The monoisotopic (exact) mass is 368 g/mol. The van der Waals surface area contributed by atoms with E-state index in [-0.39, 0.29) is 11.6 Å². The van der Waals surface area contributed by atoms with Gasteiger partial charge in [0, 0.05) is 17.3 Å². The van der Waals surface area contributed by atoms with Crippen molar-refractivity contribution in [3.8, 4) is 5.75 Å². The summed E-state index contributed by atoms with van der Waals surface area (Å²) >= 11 is 5.94. The molecule has 0 radical (unpaired) electrons. The molecule has 6 nitrogen and oxygen atoms in total. The Bertz CT molecular complexity index is 883. The number of benzene rings is 2. The van der Waals surface area contributed by atoms with E-state index in [1.807, 2.05) is 36.4 Å². The highest BCUT2D eigenvalue weighted by atomic mass is 35.5. The minimum atomic E-state index is -0.289. The number of rotatable bonds is 6. The highest BCUT2D eigenvalue weighted by Crippen LogP contribution is 2.18. The molecular formula is C19H17ClN4O2. The van der Waals surface area contributed by atoms with E-state index in [1.165, 1.54) is 12.4 Å². The minimum absolute atomic E-state index is 0.246. The third kappa shape index (κ3) is 4.70. The molecule has 2 aromatic carbocycles. The van der Waals surface area contributed by atoms with Crippen LogP contribution in [0.4, 0.5) is 11.5 Å². The molecule has 0 aliphatic heterocycles. The predicted octanol–water partition coefficient (Wildman–Crippen LogP) is 3.81. The number of carbonyl (C=O) groups excluding carboxylic acids is 1. The number of halogens is 1. The second kappa shape index (κ2) is 8.31. The molecule has 0 spiro atoms. The van der Waals surface area contributed by atoms with Crippen LogP contribution in [0.25, 0.3) is 0 Å². The Labute approximate surface area is 156 Å². The van der Waals surface area contributed by atoms with Crippen molar-refractivity contribution in [3.05, 3.63) is 77.2 Å². The fraction of sp³-hybridized carbons (Fsp3) is 0.105. The van der Waals surface area contributed by atoms with E-state index in [0.717, 1.165) is 17.0 Å². The number of ether oxygens (including phenoxy) is 1. The van der Waals surface area contributed by atoms with E-state index in [0.29, 0.717) is 17.4 Å². The average molecular weight is 369 g/mol. The lowest BCUT2D eigenvalue weighted by Crippen LogP contribution is -2.24. The van der Waals surface area contributed by atoms with Crippen LogP contribution in [0.2, 0.25) is 5.02 Å². The topological polar surface area (TPSA) is 76.1 Å². The Morgan fingerprint density at radius 3 is 2.58 bits per heavy atom. The first-order valence-corrected chi connectivity index (χ1v) is 8.27. The zero-order chi connectivity index (χ0) is 18.4. The second-order valence-electron chi connectivity index (χ2n) is 5.45. The van der Waals surface area contributed by atoms with Gasteiger partial charge in [0.05, 0.1) is 19.5 Å². The number of nitrogens with zero attached hydrogens (tertiary/aromatic N) is 2. The SMILES string of the molecule is COc1ccc(CNC(=O)c2cnc(Nc3cccc(Cl)c3)cn2)cc1. The first kappa shape index (κ1) is 17.7. The van der Waals surface area contributed by atoms with E-state index < -0.39 is 0 Å². The van der Waals surface area contributed by atoms with Crippen LogP contribution in [-0.2, 0) is 6.54 Å². The summed E-state index contributed by atoms with van der Waals surface area (Å²) in [5.74, 6) is 1.01. The van der Waals surface area contributed by atoms with Crippen molar-refractivity contribution in [2.45, 2.75) is 6.54 Å². The van der Waals surface area contributed by atoms with Gasteiger partial charge in [-0.3, -0.25) is 4.79 Å². The first-order valence-electron chi connectivity index (χ1n) is 7.90. The van der Waals surface area contributed by atoms with Crippen LogP contribution in [0.3, 0.4) is 0 Å². The summed E-state index contributed by atoms with van der Waals surface area (Å²) in [5, 5.41) is 6.51. The van der Waals surface area contributed by atoms with Crippen LogP contribution in [0.15, 0.2) is 60.9 Å². The molecule has 0 fully saturated rings. The van der Waals surface area contributed by atoms with E-state index in [1.54, 1.807) is 19.2 Å². The molecule has 1 aromatic heterocycles. The van der Waals surface area contributed by atoms with Gasteiger partial charge in [-0.1, -0.05) is 29.8 Å². The van der Waals surface area contributed by atoms with Gasteiger partial charge in [0.15, 0.2) is 0 Å². The molecular weight excluding hydrogens is 352 g/mol. The van der Waals surface area contributed by atoms with E-state index in [2.05, 4.69) is 20.6 Å². The summed E-state index contributed by atoms with van der Waals surface area (Å²) in [6.45, 7) is 0.396. The zero-order valence-electron chi connectivity index (χ0n) is 14.1. The Hall–Kier alpha value is -3.12. The van der Waals surface area contributed by atoms with Crippen LogP contribution >= 0.6 is 11.6 Å². The summed E-state index contributed by atoms with van der Waals surface area (Å²) in [4.78, 5) is 20.5. The van der Waals surface area contributed by atoms with Gasteiger partial charge in [-0.25, -0.2) is 9.97 Å². The van der Waals surface area contributed by atoms with Crippen LogP contribution in [0.5, 0.6) is 5.75 Å². The first-order chi connectivity index (χ1) is 12.6. The Morgan fingerprint density at radius 2 is 1.92 bits per heavy atom. The molecule has 0 aliphatic carbocycles. The number of anilines is 2. The van der Waals surface area contributed by atoms with Gasteiger partial charge in [-0.2, -0.15) is 0 Å². The van der Waals surface area contributed by atoms with Crippen molar-refractivity contribution >= 4 is 29.0 Å². The van der Waals surface area contributed by atoms with Gasteiger partial charge < -0.3 is 15.4 Å². The van der Waals surface area contributed by atoms with Crippen LogP contribution in [0, 0.1) is 0 Å². The quantitative estimate of drug-likeness (QED) is 0.691. The smallest absolute Gasteiger partial charge is 0.271 e. The molecule has 1 amide bonds. The van der Waals surface area contributed by atoms with Crippen LogP contribution < -0.4 is 15.4 Å². The summed E-state index contributed by atoms with van der Waals surface area (Å²) < 4.78 is 5.11. The molecule has 0 saturated heterocycles. The number of carbonyl (C=O) groups is 1. The van der Waals surface area contributed by atoms with Crippen molar-refractivity contribution < 1.29 is 9.53 Å². The minimum Gasteiger partial charge on any atom is -0.497 e. The Morgan fingerprint density at radius 1 is 1.12 bits per heavy atom. The van der Waals surface area contributed by atoms with Crippen LogP contribution in [0.1, 0.15) is 16.1 Å². The zero-order valence-corrected chi connectivity index (χ0v) is 14.8. The number of nitrogens with one attached hydrogen (secondary N) is 2. The fourth-order valence-corrected chi connectivity index (χ4v) is 2.43. The fourth-order valence-electron chi connectivity index (χ4n) is 2.24. The molecule has 0 atom stereocenters. The van der Waals surface area contributed by atoms with Gasteiger partial charge >= 0.3 is 0 Å². The lowest BCUT2D eigenvalue weighted by molar-refractivity contribution is 0.0945. The third-order valence-corrected chi connectivity index (χ3v) is 3.83. The second-order valence-corrected chi connectivity index (χ2v) is 5.89. The number of methoxy groups -OCH3 is 1. The number of amides is 1. The number of hydrogen-bond acceptors (Lipinski definition) is 5. The average Bonchev–Trinajstić information content (AvgIpc) is 2.67. The van der Waals surface area contributed by atoms with Gasteiger partial charge in [0.25, 0.3) is 5.91 Å². The van der Waals surface area contributed by atoms with E-state index in [9.17, 15) is 4.79 Å². The highest BCUT2D eigenvalue weighted by Gasteiger charge is 2.08. The molecule has 0 bridgehead atoms. The molecule has 132 valence electrons. The predicted molar refractivity (Wildman–Crippen MR) is 101 cm³/mol. The lowest BCUT2D eigenvalue weighted by Gasteiger charge is -2.08. The maximum Gasteiger partial charge on any atom is 0.271 e. The molecule has 0 aliphatic rings. The largest absolute Gasteiger partial charge is 0.497 e. The molecule has 3 rings (SSSR count). The molecule has 0 unspecified atom stereocenters. The standard InChI is InChI=1S/C19H17ClN4O2/c1-26-16-7-5-13(6-8-16)10-23-19(25)17-11-22-18(12-21-17)24-15-4-2-3-14(20)9-15/h2-9,11-12H,10H2,1H3,(H,22,24)(H,23,25). The van der Waals surface area contributed by atoms with E-state index >= 15 is 0 Å². The summed E-state index contributed by atoms with van der Waals surface area (Å²) in [7, 11) is 1.61. The lowest BCUT2D eigenvalue weighted by atomic mass is 10.2. The molecule has 2 N–H and O–H groups in total. The van der Waals surface area contributed by atoms with E-state index in [4.69, 9.17) is 16.3 Å². The van der Waals surface area contributed by atoms with Crippen molar-refractivity contribution in [1.82, 2.24) is 15.3 Å². The Balaban J connectivity index is 1.57. The molecule has 26 heavy (non-hydrogen) atoms. The molecule has 0 saturated carbocycles. The normalized spacial score (nSPS) is 10.2. The maximum absolute atomic E-state index is 12.2. The third-order valence-electron chi connectivity index (χ3n) is 3.59. The molecule has 1 heterocycles. The number of aromatic nitrogens is 2. The van der Waals surface area contributed by atoms with Crippen molar-refractivity contribution in [1.29, 1.82) is 0 Å². The Kier molecular flexibility index (Phi) is 5.66. The summed E-state index contributed by atoms with van der Waals surface area (Å²) in [6.07, 6.45) is 2.93. The van der Waals surface area contributed by atoms with Gasteiger partial charge in [-0.05, 0) is 35.9 Å². The summed E-state index contributed by atoms with van der Waals surface area (Å²) in [5.41, 5.74) is 2.00. The molecule has 7 heteroatoms. The molecule has 3 aromatic rings. The van der Waals surface area contributed by atoms with Crippen LogP contribution in [-0.4, -0.2) is 23.0 Å². The summed E-state index contributed by atoms with van der Waals surface area (Å²) in [6, 6.07) is 14.7. The van der Waals surface area contributed by atoms with Gasteiger partial charge in [-0.15, -0.1) is 0 Å². The highest BCUT2D eigenvalue weighted by molar-refractivity contribution is 6.30. The number of hydrogen-bond donors (Lipinski definition) is 2. The van der Waals surface area contributed by atoms with Gasteiger partial charge in [0.2, 0.25) is 0 Å². The van der Waals surface area contributed by atoms with Crippen molar-refractivity contribution in [2.24, 2.45) is 0 Å². The van der Waals surface area contributed by atoms with Gasteiger partial charge in [0.1, 0.15) is 17.3 Å².